The summed E-state index contributed by atoms with van der Waals surface area (Å²) in [6.07, 6.45) is 4.50. The lowest BCUT2D eigenvalue weighted by Gasteiger charge is -2.45. The molecule has 4 nitrogen and oxygen atoms in total. The van der Waals surface area contributed by atoms with E-state index in [0.717, 1.165) is 25.1 Å². The van der Waals surface area contributed by atoms with E-state index in [9.17, 15) is 4.79 Å². The standard InChI is InChI=1S/C15H21N3O/c1-14(2,3)10-4-9-5-15(6-11(16)7-15)13(19)18-12(9)17-8-10/h4,8,11H,5-7,16H2,1-3H3,(H,17,18,19)/p+1. The summed E-state index contributed by atoms with van der Waals surface area (Å²) in [6, 6.07) is 2.63. The monoisotopic (exact) mass is 260 g/mol. The number of carbonyl (C=O) groups is 1. The van der Waals surface area contributed by atoms with Crippen molar-refractivity contribution in [2.45, 2.75) is 51.5 Å². The Kier molecular flexibility index (Phi) is 2.52. The molecule has 2 heterocycles. The Morgan fingerprint density at radius 3 is 2.68 bits per heavy atom. The first-order chi connectivity index (χ1) is 8.80. The first-order valence-corrected chi connectivity index (χ1v) is 6.94. The number of anilines is 1. The van der Waals surface area contributed by atoms with Gasteiger partial charge in [-0.2, -0.15) is 0 Å². The number of carbonyl (C=O) groups excluding carboxylic acids is 1. The zero-order chi connectivity index (χ0) is 13.8. The molecule has 1 aliphatic heterocycles. The lowest BCUT2D eigenvalue weighted by Crippen LogP contribution is -2.72. The summed E-state index contributed by atoms with van der Waals surface area (Å²) < 4.78 is 0. The minimum absolute atomic E-state index is 0.0884. The Morgan fingerprint density at radius 1 is 1.42 bits per heavy atom. The van der Waals surface area contributed by atoms with Crippen molar-refractivity contribution in [1.29, 1.82) is 0 Å². The maximum absolute atomic E-state index is 12.2. The summed E-state index contributed by atoms with van der Waals surface area (Å²) in [4.78, 5) is 16.6. The Labute approximate surface area is 113 Å². The van der Waals surface area contributed by atoms with Gasteiger partial charge in [-0.3, -0.25) is 4.79 Å². The minimum Gasteiger partial charge on any atom is -0.355 e. The summed E-state index contributed by atoms with van der Waals surface area (Å²) in [6.45, 7) is 6.55. The molecule has 4 N–H and O–H groups in total. The number of pyridine rings is 1. The smallest absolute Gasteiger partial charge is 0.232 e. The van der Waals surface area contributed by atoms with Gasteiger partial charge in [0.15, 0.2) is 0 Å². The van der Waals surface area contributed by atoms with Crippen LogP contribution in [0.5, 0.6) is 0 Å². The van der Waals surface area contributed by atoms with E-state index in [1.54, 1.807) is 0 Å². The molecule has 1 amide bonds. The van der Waals surface area contributed by atoms with E-state index in [-0.39, 0.29) is 16.7 Å². The molecule has 0 aromatic carbocycles. The van der Waals surface area contributed by atoms with Crippen LogP contribution in [0.3, 0.4) is 0 Å². The summed E-state index contributed by atoms with van der Waals surface area (Å²) in [5, 5.41) is 2.97. The second kappa shape index (κ2) is 3.79. The van der Waals surface area contributed by atoms with Crippen molar-refractivity contribution in [3.05, 3.63) is 23.4 Å². The van der Waals surface area contributed by atoms with Gasteiger partial charge in [0.2, 0.25) is 5.91 Å². The lowest BCUT2D eigenvalue weighted by molar-refractivity contribution is -0.451. The highest BCUT2D eigenvalue weighted by molar-refractivity contribution is 5.98. The van der Waals surface area contributed by atoms with Crippen molar-refractivity contribution >= 4 is 11.7 Å². The van der Waals surface area contributed by atoms with Crippen LogP contribution in [-0.4, -0.2) is 16.9 Å². The molecule has 0 atom stereocenters. The number of amides is 1. The molecule has 2 aliphatic rings. The SMILES string of the molecule is CC(C)(C)c1cnc2c(c1)CC1(CC([NH3+])C1)C(=O)N2. The van der Waals surface area contributed by atoms with Crippen molar-refractivity contribution in [3.63, 3.8) is 0 Å². The van der Waals surface area contributed by atoms with Crippen LogP contribution < -0.4 is 11.1 Å². The topological polar surface area (TPSA) is 69.6 Å². The van der Waals surface area contributed by atoms with Crippen LogP contribution in [0, 0.1) is 5.41 Å². The molecule has 19 heavy (non-hydrogen) atoms. The fourth-order valence-electron chi connectivity index (χ4n) is 3.23. The molecule has 1 fully saturated rings. The van der Waals surface area contributed by atoms with Crippen LogP contribution in [0.15, 0.2) is 12.3 Å². The minimum atomic E-state index is -0.211. The van der Waals surface area contributed by atoms with Crippen LogP contribution in [-0.2, 0) is 16.6 Å². The number of hydrogen-bond acceptors (Lipinski definition) is 2. The van der Waals surface area contributed by atoms with Gasteiger partial charge in [0.1, 0.15) is 5.82 Å². The maximum Gasteiger partial charge on any atom is 0.232 e. The number of fused-ring (bicyclic) bond motifs is 1. The molecule has 1 spiro atoms. The van der Waals surface area contributed by atoms with Gasteiger partial charge < -0.3 is 11.1 Å². The first-order valence-electron chi connectivity index (χ1n) is 6.94. The van der Waals surface area contributed by atoms with Gasteiger partial charge in [-0.1, -0.05) is 26.8 Å². The number of hydrogen-bond donors (Lipinski definition) is 2. The summed E-state index contributed by atoms with van der Waals surface area (Å²) in [7, 11) is 0. The van der Waals surface area contributed by atoms with Gasteiger partial charge in [0.05, 0.1) is 11.5 Å². The fourth-order valence-corrected chi connectivity index (χ4v) is 3.23. The lowest BCUT2D eigenvalue weighted by atomic mass is 9.61. The van der Waals surface area contributed by atoms with E-state index in [1.165, 1.54) is 11.1 Å². The van der Waals surface area contributed by atoms with E-state index in [1.807, 2.05) is 6.20 Å². The second-order valence-electron chi connectivity index (χ2n) is 7.17. The van der Waals surface area contributed by atoms with E-state index in [2.05, 4.69) is 42.9 Å². The van der Waals surface area contributed by atoms with Crippen molar-refractivity contribution in [2.24, 2.45) is 5.41 Å². The highest BCUT2D eigenvalue weighted by Gasteiger charge is 2.53. The number of nitrogens with one attached hydrogen (secondary N) is 1. The molecule has 1 saturated carbocycles. The fraction of sp³-hybridized carbons (Fsp3) is 0.600. The van der Waals surface area contributed by atoms with Crippen molar-refractivity contribution in [1.82, 2.24) is 4.98 Å². The van der Waals surface area contributed by atoms with Crippen LogP contribution in [0.4, 0.5) is 5.82 Å². The van der Waals surface area contributed by atoms with Gasteiger partial charge in [-0.15, -0.1) is 0 Å². The first kappa shape index (κ1) is 12.6. The molecule has 1 aromatic heterocycles. The summed E-state index contributed by atoms with van der Waals surface area (Å²) in [5.74, 6) is 0.882. The van der Waals surface area contributed by atoms with Crippen LogP contribution in [0.2, 0.25) is 0 Å². The maximum atomic E-state index is 12.2. The van der Waals surface area contributed by atoms with Crippen LogP contribution >= 0.6 is 0 Å². The second-order valence-corrected chi connectivity index (χ2v) is 7.17. The van der Waals surface area contributed by atoms with Crippen LogP contribution in [0.25, 0.3) is 0 Å². The van der Waals surface area contributed by atoms with Gasteiger partial charge in [-0.25, -0.2) is 4.98 Å². The molecule has 0 unspecified atom stereocenters. The quantitative estimate of drug-likeness (QED) is 0.737. The number of quaternary nitrogens is 1. The molecule has 1 aromatic rings. The van der Waals surface area contributed by atoms with Gasteiger partial charge in [-0.05, 0) is 23.0 Å². The summed E-state index contributed by atoms with van der Waals surface area (Å²) in [5.41, 5.74) is 6.33. The highest BCUT2D eigenvalue weighted by atomic mass is 16.2. The Balaban J connectivity index is 1.96. The Morgan fingerprint density at radius 2 is 2.11 bits per heavy atom. The molecule has 0 bridgehead atoms. The van der Waals surface area contributed by atoms with Crippen molar-refractivity contribution in [3.8, 4) is 0 Å². The largest absolute Gasteiger partial charge is 0.355 e. The average Bonchev–Trinajstić information content (AvgIpc) is 2.26. The zero-order valence-corrected chi connectivity index (χ0v) is 11.9. The highest BCUT2D eigenvalue weighted by Crippen LogP contribution is 2.47. The average molecular weight is 260 g/mol. The number of aromatic nitrogens is 1. The van der Waals surface area contributed by atoms with E-state index >= 15 is 0 Å². The third kappa shape index (κ3) is 1.94. The molecular formula is C15H22N3O+. The number of rotatable bonds is 0. The molecule has 0 radical (unpaired) electrons. The van der Waals surface area contributed by atoms with Crippen LogP contribution in [0.1, 0.15) is 44.7 Å². The van der Waals surface area contributed by atoms with Gasteiger partial charge >= 0.3 is 0 Å². The van der Waals surface area contributed by atoms with Gasteiger partial charge in [0, 0.05) is 19.0 Å². The van der Waals surface area contributed by atoms with E-state index in [0.29, 0.717) is 6.04 Å². The zero-order valence-electron chi connectivity index (χ0n) is 11.9. The Bertz CT molecular complexity index is 539. The third-order valence-electron chi connectivity index (χ3n) is 4.43. The molecular weight excluding hydrogens is 238 g/mol. The molecule has 102 valence electrons. The van der Waals surface area contributed by atoms with E-state index in [4.69, 9.17) is 0 Å². The third-order valence-corrected chi connectivity index (χ3v) is 4.43. The Hall–Kier alpha value is -1.42. The van der Waals surface area contributed by atoms with Crippen molar-refractivity contribution in [2.75, 3.05) is 5.32 Å². The predicted octanol–water partition coefficient (Wildman–Crippen LogP) is 1.26. The molecule has 4 heteroatoms. The summed E-state index contributed by atoms with van der Waals surface area (Å²) >= 11 is 0. The van der Waals surface area contributed by atoms with E-state index < -0.39 is 0 Å². The molecule has 1 aliphatic carbocycles. The van der Waals surface area contributed by atoms with Crippen molar-refractivity contribution < 1.29 is 10.5 Å². The number of nitrogens with zero attached hydrogens (tertiary/aromatic N) is 1. The normalized spacial score (nSPS) is 29.7. The van der Waals surface area contributed by atoms with Gasteiger partial charge in [0.25, 0.3) is 0 Å². The predicted molar refractivity (Wildman–Crippen MR) is 73.6 cm³/mol. The molecule has 3 rings (SSSR count). The molecule has 0 saturated heterocycles.